The van der Waals surface area contributed by atoms with Crippen molar-refractivity contribution in [1.29, 1.82) is 0 Å². The molecule has 9 nitrogen and oxygen atoms in total. The number of carbonyl (C=O) groups is 1. The second-order valence-electron chi connectivity index (χ2n) is 7.68. The number of aliphatic hydroxyl groups is 2. The van der Waals surface area contributed by atoms with Crippen LogP contribution >= 0.6 is 0 Å². The van der Waals surface area contributed by atoms with E-state index in [0.717, 1.165) is 16.8 Å². The molecule has 0 saturated carbocycles. The number of aryl methyl sites for hydroxylation is 1. The van der Waals surface area contributed by atoms with Crippen molar-refractivity contribution in [2.24, 2.45) is 0 Å². The topological polar surface area (TPSA) is 122 Å². The average Bonchev–Trinajstić information content (AvgIpc) is 3.19. The molecular formula is C23H19F4N5O4. The molecule has 188 valence electrons. The van der Waals surface area contributed by atoms with Crippen molar-refractivity contribution in [3.05, 3.63) is 71.6 Å². The lowest BCUT2D eigenvalue weighted by molar-refractivity contribution is -0.137. The Balaban J connectivity index is 1.89. The number of pyridine rings is 1. The van der Waals surface area contributed by atoms with Gasteiger partial charge < -0.3 is 20.3 Å². The van der Waals surface area contributed by atoms with E-state index in [0.29, 0.717) is 0 Å². The molecule has 1 atom stereocenters. The van der Waals surface area contributed by atoms with Crippen molar-refractivity contribution < 1.29 is 37.3 Å². The number of ether oxygens (including phenoxy) is 1. The van der Waals surface area contributed by atoms with Crippen LogP contribution in [0.1, 0.15) is 21.7 Å². The number of rotatable bonds is 7. The minimum absolute atomic E-state index is 0.0359. The number of nitrogens with one attached hydrogen (secondary N) is 1. The van der Waals surface area contributed by atoms with Crippen molar-refractivity contribution in [2.75, 3.05) is 18.5 Å². The van der Waals surface area contributed by atoms with Crippen LogP contribution in [0.2, 0.25) is 0 Å². The normalized spacial score (nSPS) is 12.5. The average molecular weight is 505 g/mol. The zero-order valence-corrected chi connectivity index (χ0v) is 18.6. The van der Waals surface area contributed by atoms with Gasteiger partial charge in [0.05, 0.1) is 35.4 Å². The smallest absolute Gasteiger partial charge is 0.417 e. The third-order valence-corrected chi connectivity index (χ3v) is 5.11. The number of imidazole rings is 1. The third-order valence-electron chi connectivity index (χ3n) is 5.11. The number of hydrogen-bond donors (Lipinski definition) is 3. The van der Waals surface area contributed by atoms with Gasteiger partial charge in [-0.3, -0.25) is 9.78 Å². The molecule has 1 amide bonds. The van der Waals surface area contributed by atoms with E-state index in [1.54, 1.807) is 0 Å². The molecule has 0 radical (unpaired) electrons. The first-order valence-corrected chi connectivity index (χ1v) is 10.5. The first-order valence-electron chi connectivity index (χ1n) is 10.5. The van der Waals surface area contributed by atoms with Crippen LogP contribution in [0.4, 0.5) is 23.2 Å². The molecule has 1 aromatic carbocycles. The van der Waals surface area contributed by atoms with Crippen molar-refractivity contribution in [1.82, 2.24) is 19.6 Å². The van der Waals surface area contributed by atoms with Gasteiger partial charge in [0.15, 0.2) is 22.9 Å². The summed E-state index contributed by atoms with van der Waals surface area (Å²) in [6.45, 7) is 0.429. The Bertz CT molecular complexity index is 1420. The predicted octanol–water partition coefficient (Wildman–Crippen LogP) is 3.24. The van der Waals surface area contributed by atoms with Crippen LogP contribution in [0, 0.1) is 12.7 Å². The molecule has 0 saturated heterocycles. The highest BCUT2D eigenvalue weighted by atomic mass is 19.4. The molecule has 3 heterocycles. The molecule has 0 bridgehead atoms. The van der Waals surface area contributed by atoms with E-state index in [1.807, 2.05) is 0 Å². The number of aromatic nitrogens is 4. The molecule has 0 aliphatic rings. The molecule has 3 aromatic heterocycles. The summed E-state index contributed by atoms with van der Waals surface area (Å²) in [5, 5.41) is 25.4. The Morgan fingerprint density at radius 3 is 2.69 bits per heavy atom. The van der Waals surface area contributed by atoms with Gasteiger partial charge in [-0.25, -0.2) is 13.9 Å². The molecule has 3 N–H and O–H groups in total. The van der Waals surface area contributed by atoms with E-state index >= 15 is 0 Å². The predicted molar refractivity (Wildman–Crippen MR) is 119 cm³/mol. The van der Waals surface area contributed by atoms with Crippen molar-refractivity contribution in [3.63, 3.8) is 0 Å². The summed E-state index contributed by atoms with van der Waals surface area (Å²) in [5.74, 6) is -1.73. The Labute approximate surface area is 201 Å². The van der Waals surface area contributed by atoms with E-state index in [9.17, 15) is 27.5 Å². The fourth-order valence-electron chi connectivity index (χ4n) is 3.45. The highest BCUT2D eigenvalue weighted by molar-refractivity contribution is 6.04. The van der Waals surface area contributed by atoms with Gasteiger partial charge >= 0.3 is 6.18 Å². The molecule has 4 aromatic rings. The summed E-state index contributed by atoms with van der Waals surface area (Å²) in [5.41, 5.74) is -1.73. The van der Waals surface area contributed by atoms with Gasteiger partial charge in [-0.1, -0.05) is 18.2 Å². The molecule has 0 fully saturated rings. The number of anilines is 1. The summed E-state index contributed by atoms with van der Waals surface area (Å²) >= 11 is 0. The zero-order chi connectivity index (χ0) is 26.0. The van der Waals surface area contributed by atoms with Crippen molar-refractivity contribution >= 4 is 17.2 Å². The number of benzene rings is 1. The first-order chi connectivity index (χ1) is 17.1. The van der Waals surface area contributed by atoms with E-state index in [1.165, 1.54) is 43.5 Å². The Morgan fingerprint density at radius 1 is 1.25 bits per heavy atom. The maximum atomic E-state index is 14.0. The van der Waals surface area contributed by atoms with E-state index < -0.39 is 42.8 Å². The number of carbonyl (C=O) groups excluding carboxylic acids is 1. The second-order valence-corrected chi connectivity index (χ2v) is 7.68. The van der Waals surface area contributed by atoms with Crippen LogP contribution < -0.4 is 10.1 Å². The van der Waals surface area contributed by atoms with E-state index in [4.69, 9.17) is 9.84 Å². The summed E-state index contributed by atoms with van der Waals surface area (Å²) in [6, 6.07) is 7.14. The van der Waals surface area contributed by atoms with Gasteiger partial charge in [-0.05, 0) is 19.1 Å². The summed E-state index contributed by atoms with van der Waals surface area (Å²) < 4.78 is 61.6. The van der Waals surface area contributed by atoms with Gasteiger partial charge in [-0.15, -0.1) is 0 Å². The molecule has 0 unspecified atom stereocenters. The molecule has 13 heteroatoms. The Kier molecular flexibility index (Phi) is 6.86. The summed E-state index contributed by atoms with van der Waals surface area (Å²) in [6.07, 6.45) is -3.81. The van der Waals surface area contributed by atoms with Crippen LogP contribution in [-0.2, 0) is 6.18 Å². The Hall–Kier alpha value is -4.10. The van der Waals surface area contributed by atoms with Crippen LogP contribution in [0.15, 0.2) is 48.8 Å². The summed E-state index contributed by atoms with van der Waals surface area (Å²) in [7, 11) is 0. The van der Waals surface area contributed by atoms with Crippen molar-refractivity contribution in [3.8, 4) is 17.0 Å². The maximum absolute atomic E-state index is 14.0. The van der Waals surface area contributed by atoms with Crippen LogP contribution in [-0.4, -0.2) is 55.0 Å². The number of fused-ring (bicyclic) bond motifs is 1. The lowest BCUT2D eigenvalue weighted by Crippen LogP contribution is -2.22. The standard InChI is InChI=1S/C23H19F4N5O4/c1-12-20(22(35)30-17-6-7-28-9-16(17)24)32-21(29-12)19(36-11-13(34)10-33)8-18(31-32)14-4-2-3-5-15(14)23(25,26)27/h2-9,13,33-34H,10-11H2,1H3,(H,28,30,35)/t13-/m1/s1. The maximum Gasteiger partial charge on any atom is 0.417 e. The second kappa shape index (κ2) is 9.87. The zero-order valence-electron chi connectivity index (χ0n) is 18.6. The first kappa shape index (κ1) is 25.0. The third kappa shape index (κ3) is 4.97. The molecular weight excluding hydrogens is 486 g/mol. The highest BCUT2D eigenvalue weighted by Gasteiger charge is 2.34. The van der Waals surface area contributed by atoms with Crippen LogP contribution in [0.3, 0.4) is 0 Å². The fraction of sp³-hybridized carbons (Fsp3) is 0.217. The highest BCUT2D eigenvalue weighted by Crippen LogP contribution is 2.37. The van der Waals surface area contributed by atoms with Gasteiger partial charge in [0.25, 0.3) is 5.91 Å². The number of alkyl halides is 3. The minimum Gasteiger partial charge on any atom is -0.487 e. The molecule has 0 aliphatic carbocycles. The minimum atomic E-state index is -4.70. The number of halogens is 4. The Morgan fingerprint density at radius 2 is 2.00 bits per heavy atom. The lowest BCUT2D eigenvalue weighted by Gasteiger charge is -2.15. The van der Waals surface area contributed by atoms with Gasteiger partial charge in [0, 0.05) is 17.8 Å². The largest absolute Gasteiger partial charge is 0.487 e. The molecule has 0 aliphatic heterocycles. The molecule has 36 heavy (non-hydrogen) atoms. The van der Waals surface area contributed by atoms with Gasteiger partial charge in [0.1, 0.15) is 12.7 Å². The van der Waals surface area contributed by atoms with E-state index in [-0.39, 0.29) is 39.7 Å². The SMILES string of the molecule is Cc1nc2c(OC[C@H](O)CO)cc(-c3ccccc3C(F)(F)F)nn2c1C(=O)Nc1ccncc1F. The van der Waals surface area contributed by atoms with Crippen LogP contribution in [0.25, 0.3) is 16.9 Å². The quantitative estimate of drug-likeness (QED) is 0.330. The van der Waals surface area contributed by atoms with Gasteiger partial charge in [-0.2, -0.15) is 18.3 Å². The lowest BCUT2D eigenvalue weighted by atomic mass is 10.0. The van der Waals surface area contributed by atoms with Crippen molar-refractivity contribution in [2.45, 2.75) is 19.2 Å². The van der Waals surface area contributed by atoms with E-state index in [2.05, 4.69) is 20.4 Å². The summed E-state index contributed by atoms with van der Waals surface area (Å²) in [4.78, 5) is 20.9. The fourth-order valence-corrected chi connectivity index (χ4v) is 3.45. The molecule has 4 rings (SSSR count). The number of aliphatic hydroxyl groups excluding tert-OH is 2. The number of nitrogens with zero attached hydrogens (tertiary/aromatic N) is 4. The van der Waals surface area contributed by atoms with Crippen LogP contribution in [0.5, 0.6) is 5.75 Å². The number of hydrogen-bond acceptors (Lipinski definition) is 7. The monoisotopic (exact) mass is 505 g/mol. The number of amides is 1. The molecule has 0 spiro atoms. The van der Waals surface area contributed by atoms with Gasteiger partial charge in [0.2, 0.25) is 0 Å².